The van der Waals surface area contributed by atoms with E-state index >= 15 is 0 Å². The quantitative estimate of drug-likeness (QED) is 0.644. The van der Waals surface area contributed by atoms with Crippen molar-refractivity contribution in [3.05, 3.63) is 0 Å². The molecule has 0 saturated heterocycles. The maximum atomic E-state index is 8.47. The number of hydrogen-bond acceptors (Lipinski definition) is 2. The van der Waals surface area contributed by atoms with Crippen LogP contribution in [0.4, 0.5) is 0 Å². The average molecular weight is 144 g/mol. The lowest BCUT2D eigenvalue weighted by Crippen LogP contribution is -2.11. The topological polar surface area (TPSA) is 29.5 Å². The molecule has 1 aliphatic rings. The maximum absolute atomic E-state index is 8.47. The zero-order valence-electron chi connectivity index (χ0n) is 6.55. The molecule has 0 aromatic heterocycles. The van der Waals surface area contributed by atoms with Gasteiger partial charge in [-0.1, -0.05) is 6.92 Å². The summed E-state index contributed by atoms with van der Waals surface area (Å²) in [5.74, 6) is 0.823. The average Bonchev–Trinajstić information content (AvgIpc) is 2.31. The van der Waals surface area contributed by atoms with E-state index in [1.54, 1.807) is 0 Å². The molecule has 2 atom stereocenters. The molecule has 0 spiro atoms. The number of hydrogen-bond donors (Lipinski definition) is 1. The van der Waals surface area contributed by atoms with Crippen LogP contribution in [0, 0.1) is 5.92 Å². The predicted octanol–water partition coefficient (Wildman–Crippen LogP) is 1.18. The lowest BCUT2D eigenvalue weighted by molar-refractivity contribution is 0.0312. The fraction of sp³-hybridized carbons (Fsp3) is 1.00. The van der Waals surface area contributed by atoms with E-state index in [-0.39, 0.29) is 6.61 Å². The van der Waals surface area contributed by atoms with Crippen LogP contribution in [0.5, 0.6) is 0 Å². The fourth-order valence-corrected chi connectivity index (χ4v) is 1.53. The van der Waals surface area contributed by atoms with E-state index in [1.165, 1.54) is 19.3 Å². The van der Waals surface area contributed by atoms with Gasteiger partial charge < -0.3 is 9.84 Å². The van der Waals surface area contributed by atoms with Crippen LogP contribution in [0.1, 0.15) is 26.2 Å². The third-order valence-electron chi connectivity index (χ3n) is 2.09. The van der Waals surface area contributed by atoms with Gasteiger partial charge in [-0.05, 0) is 25.2 Å². The van der Waals surface area contributed by atoms with Crippen LogP contribution < -0.4 is 0 Å². The van der Waals surface area contributed by atoms with Crippen molar-refractivity contribution in [2.75, 3.05) is 13.2 Å². The monoisotopic (exact) mass is 144 g/mol. The van der Waals surface area contributed by atoms with Crippen LogP contribution in [-0.4, -0.2) is 24.4 Å². The zero-order valence-corrected chi connectivity index (χ0v) is 6.55. The molecule has 0 radical (unpaired) electrons. The SMILES string of the molecule is CC1CCC(OCCO)C1. The van der Waals surface area contributed by atoms with Crippen molar-refractivity contribution in [3.63, 3.8) is 0 Å². The molecule has 0 aromatic carbocycles. The second-order valence-corrected chi connectivity index (χ2v) is 3.13. The van der Waals surface area contributed by atoms with Gasteiger partial charge in [-0.2, -0.15) is 0 Å². The molecular formula is C8H16O2. The Morgan fingerprint density at radius 2 is 2.30 bits per heavy atom. The first-order chi connectivity index (χ1) is 4.83. The minimum absolute atomic E-state index is 0.158. The van der Waals surface area contributed by atoms with Crippen molar-refractivity contribution in [1.82, 2.24) is 0 Å². The molecule has 0 aromatic rings. The highest BCUT2D eigenvalue weighted by Gasteiger charge is 2.20. The van der Waals surface area contributed by atoms with Gasteiger partial charge in [-0.3, -0.25) is 0 Å². The van der Waals surface area contributed by atoms with E-state index in [0.29, 0.717) is 12.7 Å². The van der Waals surface area contributed by atoms with Crippen LogP contribution in [0.2, 0.25) is 0 Å². The first kappa shape index (κ1) is 8.02. The fourth-order valence-electron chi connectivity index (χ4n) is 1.53. The van der Waals surface area contributed by atoms with Crippen LogP contribution >= 0.6 is 0 Å². The first-order valence-electron chi connectivity index (χ1n) is 4.05. The summed E-state index contributed by atoms with van der Waals surface area (Å²) in [5.41, 5.74) is 0. The smallest absolute Gasteiger partial charge is 0.0701 e. The zero-order chi connectivity index (χ0) is 7.40. The Morgan fingerprint density at radius 3 is 2.80 bits per heavy atom. The standard InChI is InChI=1S/C8H16O2/c1-7-2-3-8(6-7)10-5-4-9/h7-9H,2-6H2,1H3. The molecule has 0 amide bonds. The summed E-state index contributed by atoms with van der Waals surface area (Å²) in [6.07, 6.45) is 4.08. The minimum Gasteiger partial charge on any atom is -0.394 e. The molecule has 0 bridgehead atoms. The van der Waals surface area contributed by atoms with Gasteiger partial charge >= 0.3 is 0 Å². The second-order valence-electron chi connectivity index (χ2n) is 3.13. The van der Waals surface area contributed by atoms with Gasteiger partial charge in [0.2, 0.25) is 0 Å². The summed E-state index contributed by atoms with van der Waals surface area (Å²) >= 11 is 0. The Labute approximate surface area is 62.2 Å². The third-order valence-corrected chi connectivity index (χ3v) is 2.09. The molecule has 1 saturated carbocycles. The van der Waals surface area contributed by atoms with Gasteiger partial charge in [0.25, 0.3) is 0 Å². The lowest BCUT2D eigenvalue weighted by atomic mass is 10.1. The molecule has 0 heterocycles. The van der Waals surface area contributed by atoms with Crippen LogP contribution in [0.3, 0.4) is 0 Å². The Morgan fingerprint density at radius 1 is 1.50 bits per heavy atom. The molecule has 1 rings (SSSR count). The van der Waals surface area contributed by atoms with Gasteiger partial charge in [0.1, 0.15) is 0 Å². The van der Waals surface area contributed by atoms with Crippen molar-refractivity contribution in [2.24, 2.45) is 5.92 Å². The van der Waals surface area contributed by atoms with Crippen LogP contribution in [-0.2, 0) is 4.74 Å². The molecule has 1 fully saturated rings. The van der Waals surface area contributed by atoms with Crippen LogP contribution in [0.25, 0.3) is 0 Å². The molecule has 2 unspecified atom stereocenters. The van der Waals surface area contributed by atoms with Gasteiger partial charge in [0.15, 0.2) is 0 Å². The summed E-state index contributed by atoms with van der Waals surface area (Å²) in [7, 11) is 0. The van der Waals surface area contributed by atoms with Crippen molar-refractivity contribution in [2.45, 2.75) is 32.3 Å². The van der Waals surface area contributed by atoms with Gasteiger partial charge in [0.05, 0.1) is 19.3 Å². The normalized spacial score (nSPS) is 33.0. The van der Waals surface area contributed by atoms with Crippen LogP contribution in [0.15, 0.2) is 0 Å². The number of ether oxygens (including phenoxy) is 1. The number of aliphatic hydroxyl groups excluding tert-OH is 1. The first-order valence-corrected chi connectivity index (χ1v) is 4.05. The molecule has 60 valence electrons. The Kier molecular flexibility index (Phi) is 3.16. The molecule has 1 N–H and O–H groups in total. The Bertz CT molecular complexity index is 93.3. The van der Waals surface area contributed by atoms with Crippen molar-refractivity contribution >= 4 is 0 Å². The summed E-state index contributed by atoms with van der Waals surface area (Å²) in [6, 6.07) is 0. The van der Waals surface area contributed by atoms with Crippen molar-refractivity contribution in [1.29, 1.82) is 0 Å². The minimum atomic E-state index is 0.158. The highest BCUT2D eigenvalue weighted by molar-refractivity contribution is 4.72. The van der Waals surface area contributed by atoms with Crippen molar-refractivity contribution < 1.29 is 9.84 Å². The molecule has 10 heavy (non-hydrogen) atoms. The molecule has 0 aliphatic heterocycles. The number of rotatable bonds is 3. The van der Waals surface area contributed by atoms with Gasteiger partial charge in [0, 0.05) is 0 Å². The summed E-state index contributed by atoms with van der Waals surface area (Å²) in [5, 5.41) is 8.47. The summed E-state index contributed by atoms with van der Waals surface area (Å²) in [4.78, 5) is 0. The van der Waals surface area contributed by atoms with E-state index in [9.17, 15) is 0 Å². The Balaban J connectivity index is 2.06. The second kappa shape index (κ2) is 3.94. The highest BCUT2D eigenvalue weighted by Crippen LogP contribution is 2.26. The molecule has 2 nitrogen and oxygen atoms in total. The van der Waals surface area contributed by atoms with Crippen molar-refractivity contribution in [3.8, 4) is 0 Å². The molecule has 2 heteroatoms. The third kappa shape index (κ3) is 2.27. The summed E-state index contributed by atoms with van der Waals surface area (Å²) in [6.45, 7) is 2.92. The van der Waals surface area contributed by atoms with E-state index < -0.39 is 0 Å². The highest BCUT2D eigenvalue weighted by atomic mass is 16.5. The van der Waals surface area contributed by atoms with Gasteiger partial charge in [-0.15, -0.1) is 0 Å². The van der Waals surface area contributed by atoms with E-state index in [0.717, 1.165) is 5.92 Å². The van der Waals surface area contributed by atoms with E-state index in [4.69, 9.17) is 9.84 Å². The van der Waals surface area contributed by atoms with E-state index in [2.05, 4.69) is 6.92 Å². The molecular weight excluding hydrogens is 128 g/mol. The summed E-state index contributed by atoms with van der Waals surface area (Å²) < 4.78 is 5.37. The number of aliphatic hydroxyl groups is 1. The predicted molar refractivity (Wildman–Crippen MR) is 39.8 cm³/mol. The largest absolute Gasteiger partial charge is 0.394 e. The lowest BCUT2D eigenvalue weighted by Gasteiger charge is -2.09. The van der Waals surface area contributed by atoms with E-state index in [1.807, 2.05) is 0 Å². The maximum Gasteiger partial charge on any atom is 0.0701 e. The van der Waals surface area contributed by atoms with Gasteiger partial charge in [-0.25, -0.2) is 0 Å². The molecule has 1 aliphatic carbocycles. The Hall–Kier alpha value is -0.0800.